The van der Waals surface area contributed by atoms with Crippen LogP contribution in [0.15, 0.2) is 0 Å². The van der Waals surface area contributed by atoms with Crippen LogP contribution in [-0.2, 0) is 19.1 Å². The lowest BCUT2D eigenvalue weighted by atomic mass is 9.55. The van der Waals surface area contributed by atoms with Crippen LogP contribution < -0.4 is 0 Å². The Kier molecular flexibility index (Phi) is 4.46. The first kappa shape index (κ1) is 17.8. The molecule has 4 nitrogen and oxygen atoms in total. The fraction of sp³-hybridized carbons (Fsp3) is 0.900. The number of carbonyl (C=O) groups is 2. The van der Waals surface area contributed by atoms with Crippen molar-refractivity contribution in [2.24, 2.45) is 29.1 Å². The van der Waals surface area contributed by atoms with Crippen LogP contribution in [0.3, 0.4) is 0 Å². The Morgan fingerprint density at radius 3 is 1.83 bits per heavy atom. The molecule has 0 saturated heterocycles. The second kappa shape index (κ2) is 6.03. The van der Waals surface area contributed by atoms with Crippen LogP contribution in [0.1, 0.15) is 73.1 Å². The number of ether oxygens (including phenoxy) is 2. The van der Waals surface area contributed by atoms with Crippen LogP contribution in [-0.4, -0.2) is 23.6 Å². The number of hydrogen-bond donors (Lipinski definition) is 0. The van der Waals surface area contributed by atoms with Crippen molar-refractivity contribution in [1.82, 2.24) is 0 Å². The van der Waals surface area contributed by atoms with E-state index in [9.17, 15) is 9.59 Å². The minimum Gasteiger partial charge on any atom is -0.459 e. The van der Waals surface area contributed by atoms with Gasteiger partial charge in [0.15, 0.2) is 0 Å². The minimum atomic E-state index is -1.22. The summed E-state index contributed by atoms with van der Waals surface area (Å²) in [5, 5.41) is 0. The lowest BCUT2D eigenvalue weighted by Gasteiger charge is -2.53. The molecule has 0 amide bonds. The number of carbonyl (C=O) groups excluding carboxylic acids is 2. The van der Waals surface area contributed by atoms with E-state index in [1.807, 2.05) is 20.8 Å². The highest BCUT2D eigenvalue weighted by Gasteiger charge is 2.51. The standard InChI is InChI=1S/C20H32O4/c1-6-19(2,3)17(21)24-20(4,5)18(22)23-16-14-8-12-7-13(10-14)11-15(16)9-12/h12-16H,6-11H2,1-5H3. The molecular weight excluding hydrogens is 304 g/mol. The molecule has 0 aromatic heterocycles. The van der Waals surface area contributed by atoms with Crippen molar-refractivity contribution in [2.75, 3.05) is 0 Å². The lowest BCUT2D eigenvalue weighted by Crippen LogP contribution is -2.52. The van der Waals surface area contributed by atoms with E-state index < -0.39 is 11.0 Å². The van der Waals surface area contributed by atoms with Gasteiger partial charge in [0.05, 0.1) is 5.41 Å². The molecule has 0 aromatic carbocycles. The van der Waals surface area contributed by atoms with E-state index in [1.165, 1.54) is 32.1 Å². The summed E-state index contributed by atoms with van der Waals surface area (Å²) in [6.07, 6.45) is 6.89. The fourth-order valence-electron chi connectivity index (χ4n) is 4.89. The molecule has 4 fully saturated rings. The van der Waals surface area contributed by atoms with Crippen molar-refractivity contribution in [3.05, 3.63) is 0 Å². The van der Waals surface area contributed by atoms with Crippen LogP contribution in [0.25, 0.3) is 0 Å². The highest BCUT2D eigenvalue weighted by molar-refractivity contribution is 5.84. The van der Waals surface area contributed by atoms with E-state index in [-0.39, 0.29) is 18.0 Å². The van der Waals surface area contributed by atoms with Gasteiger partial charge in [-0.25, -0.2) is 4.79 Å². The van der Waals surface area contributed by atoms with Gasteiger partial charge >= 0.3 is 11.9 Å². The van der Waals surface area contributed by atoms with E-state index in [4.69, 9.17) is 9.47 Å². The Morgan fingerprint density at radius 2 is 1.38 bits per heavy atom. The molecule has 0 spiro atoms. The van der Waals surface area contributed by atoms with Gasteiger partial charge in [-0.1, -0.05) is 6.92 Å². The van der Waals surface area contributed by atoms with E-state index in [2.05, 4.69) is 0 Å². The summed E-state index contributed by atoms with van der Waals surface area (Å²) >= 11 is 0. The fourth-order valence-corrected chi connectivity index (χ4v) is 4.89. The van der Waals surface area contributed by atoms with Gasteiger partial charge in [0, 0.05) is 0 Å². The molecule has 0 aliphatic heterocycles. The van der Waals surface area contributed by atoms with Gasteiger partial charge in [0.25, 0.3) is 0 Å². The average molecular weight is 336 g/mol. The molecule has 0 unspecified atom stereocenters. The Hall–Kier alpha value is -1.06. The summed E-state index contributed by atoms with van der Waals surface area (Å²) in [5.41, 5.74) is -1.81. The third kappa shape index (κ3) is 3.21. The zero-order chi connectivity index (χ0) is 17.7. The van der Waals surface area contributed by atoms with Crippen LogP contribution in [0.5, 0.6) is 0 Å². The topological polar surface area (TPSA) is 52.6 Å². The van der Waals surface area contributed by atoms with E-state index >= 15 is 0 Å². The van der Waals surface area contributed by atoms with E-state index in [1.54, 1.807) is 13.8 Å². The zero-order valence-corrected chi connectivity index (χ0v) is 15.8. The minimum absolute atomic E-state index is 0.0301. The highest BCUT2D eigenvalue weighted by Crippen LogP contribution is 2.54. The van der Waals surface area contributed by atoms with Gasteiger partial charge in [-0.2, -0.15) is 0 Å². The number of rotatable bonds is 5. The molecule has 0 heterocycles. The Balaban J connectivity index is 1.63. The molecule has 0 N–H and O–H groups in total. The number of hydrogen-bond acceptors (Lipinski definition) is 4. The van der Waals surface area contributed by atoms with Crippen molar-refractivity contribution in [3.8, 4) is 0 Å². The van der Waals surface area contributed by atoms with E-state index in [0.717, 1.165) is 11.8 Å². The Morgan fingerprint density at radius 1 is 0.875 bits per heavy atom. The smallest absolute Gasteiger partial charge is 0.350 e. The van der Waals surface area contributed by atoms with Crippen molar-refractivity contribution in [1.29, 1.82) is 0 Å². The molecule has 4 aliphatic carbocycles. The van der Waals surface area contributed by atoms with Crippen LogP contribution >= 0.6 is 0 Å². The monoisotopic (exact) mass is 336 g/mol. The first-order valence-corrected chi connectivity index (χ1v) is 9.57. The molecule has 0 atom stereocenters. The summed E-state index contributed by atoms with van der Waals surface area (Å²) in [4.78, 5) is 25.0. The maximum Gasteiger partial charge on any atom is 0.350 e. The van der Waals surface area contributed by atoms with Gasteiger partial charge < -0.3 is 9.47 Å². The Labute approximate surface area is 145 Å². The van der Waals surface area contributed by atoms with Crippen LogP contribution in [0.2, 0.25) is 0 Å². The van der Waals surface area contributed by atoms with Crippen LogP contribution in [0.4, 0.5) is 0 Å². The Bertz CT molecular complexity index is 492. The van der Waals surface area contributed by atoms with Gasteiger partial charge in [-0.05, 0) is 89.9 Å². The van der Waals surface area contributed by atoms with Gasteiger partial charge in [-0.15, -0.1) is 0 Å². The maximum atomic E-state index is 12.7. The summed E-state index contributed by atoms with van der Waals surface area (Å²) in [5.74, 6) is 2.00. The second-order valence-corrected chi connectivity index (χ2v) is 9.44. The van der Waals surface area contributed by atoms with Crippen molar-refractivity contribution in [2.45, 2.75) is 84.8 Å². The average Bonchev–Trinajstić information content (AvgIpc) is 2.49. The van der Waals surface area contributed by atoms with Crippen LogP contribution in [0, 0.1) is 29.1 Å². The molecule has 0 radical (unpaired) electrons. The van der Waals surface area contributed by atoms with Crippen molar-refractivity contribution >= 4 is 11.9 Å². The van der Waals surface area contributed by atoms with Gasteiger partial charge in [0.1, 0.15) is 6.10 Å². The molecule has 4 heteroatoms. The highest BCUT2D eigenvalue weighted by atomic mass is 16.6. The SMILES string of the molecule is CCC(C)(C)C(=O)OC(C)(C)C(=O)OC1C2CC3CC(C2)CC1C3. The molecular formula is C20H32O4. The third-order valence-electron chi connectivity index (χ3n) is 6.66. The number of esters is 2. The largest absolute Gasteiger partial charge is 0.459 e. The molecule has 24 heavy (non-hydrogen) atoms. The molecule has 4 bridgehead atoms. The molecule has 4 saturated carbocycles. The lowest BCUT2D eigenvalue weighted by molar-refractivity contribution is -0.199. The summed E-state index contributed by atoms with van der Waals surface area (Å²) < 4.78 is 11.5. The summed E-state index contributed by atoms with van der Waals surface area (Å²) in [7, 11) is 0. The predicted octanol–water partition coefficient (Wildman–Crippen LogP) is 4.11. The molecule has 4 aliphatic rings. The predicted molar refractivity (Wildman–Crippen MR) is 91.2 cm³/mol. The third-order valence-corrected chi connectivity index (χ3v) is 6.66. The molecule has 136 valence electrons. The quantitative estimate of drug-likeness (QED) is 0.709. The summed E-state index contributed by atoms with van der Waals surface area (Å²) in [6, 6.07) is 0. The first-order chi connectivity index (χ1) is 11.1. The maximum absolute atomic E-state index is 12.7. The van der Waals surface area contributed by atoms with Gasteiger partial charge in [0.2, 0.25) is 5.60 Å². The summed E-state index contributed by atoms with van der Waals surface area (Å²) in [6.45, 7) is 8.92. The second-order valence-electron chi connectivity index (χ2n) is 9.44. The van der Waals surface area contributed by atoms with Crippen molar-refractivity contribution < 1.29 is 19.1 Å². The van der Waals surface area contributed by atoms with Gasteiger partial charge in [-0.3, -0.25) is 4.79 Å². The first-order valence-electron chi connectivity index (χ1n) is 9.57. The van der Waals surface area contributed by atoms with Crippen molar-refractivity contribution in [3.63, 3.8) is 0 Å². The molecule has 0 aromatic rings. The van der Waals surface area contributed by atoms with E-state index in [0.29, 0.717) is 18.3 Å². The zero-order valence-electron chi connectivity index (χ0n) is 15.8. The molecule has 4 rings (SSSR count). The normalized spacial score (nSPS) is 35.0.